The number of carbonyl (C=O) groups is 1. The van der Waals surface area contributed by atoms with Gasteiger partial charge >= 0.3 is 5.97 Å². The lowest BCUT2D eigenvalue weighted by atomic mass is 10.1. The minimum Gasteiger partial charge on any atom is -0.478 e. The highest BCUT2D eigenvalue weighted by Gasteiger charge is 2.32. The van der Waals surface area contributed by atoms with Crippen LogP contribution < -0.4 is 0 Å². The van der Waals surface area contributed by atoms with E-state index in [1.165, 1.54) is 28.6 Å². The molecular weight excluding hydrogens is 282 g/mol. The van der Waals surface area contributed by atoms with E-state index < -0.39 is 16.0 Å². The molecule has 2 N–H and O–H groups in total. The Hall–Kier alpha value is -1.44. The van der Waals surface area contributed by atoms with Crippen LogP contribution in [0.25, 0.3) is 0 Å². The standard InChI is InChI=1S/C13H17NO5S/c15-7-5-10-4-6-14(9-10)20(18,19)12-3-1-2-11(8-12)13(16)17/h1-3,8,10,15H,4-7,9H2,(H,16,17). The zero-order chi connectivity index (χ0) is 14.8. The van der Waals surface area contributed by atoms with Crippen molar-refractivity contribution in [3.8, 4) is 0 Å². The number of hydrogen-bond donors (Lipinski definition) is 2. The van der Waals surface area contributed by atoms with Gasteiger partial charge in [-0.3, -0.25) is 0 Å². The van der Waals surface area contributed by atoms with Crippen LogP contribution in [0.1, 0.15) is 23.2 Å². The van der Waals surface area contributed by atoms with E-state index in [4.69, 9.17) is 10.2 Å². The van der Waals surface area contributed by atoms with Crippen LogP contribution in [0.15, 0.2) is 29.2 Å². The Labute approximate surface area is 117 Å². The van der Waals surface area contributed by atoms with Gasteiger partial charge in [-0.05, 0) is 37.0 Å². The molecule has 2 rings (SSSR count). The molecule has 1 aliphatic heterocycles. The zero-order valence-electron chi connectivity index (χ0n) is 10.9. The molecule has 110 valence electrons. The summed E-state index contributed by atoms with van der Waals surface area (Å²) in [5.74, 6) is -0.987. The number of benzene rings is 1. The summed E-state index contributed by atoms with van der Waals surface area (Å²) in [5, 5.41) is 17.8. The van der Waals surface area contributed by atoms with E-state index in [-0.39, 0.29) is 23.0 Å². The normalized spacial score (nSPS) is 20.1. The lowest BCUT2D eigenvalue weighted by Crippen LogP contribution is -2.29. The van der Waals surface area contributed by atoms with Crippen molar-refractivity contribution in [3.63, 3.8) is 0 Å². The molecule has 1 atom stereocenters. The third kappa shape index (κ3) is 3.00. The SMILES string of the molecule is O=C(O)c1cccc(S(=O)(=O)N2CCC(CCO)C2)c1. The maximum atomic E-state index is 12.4. The second-order valence-corrected chi connectivity index (χ2v) is 6.80. The molecule has 1 heterocycles. The van der Waals surface area contributed by atoms with Crippen molar-refractivity contribution >= 4 is 16.0 Å². The molecule has 1 aliphatic rings. The summed E-state index contributed by atoms with van der Waals surface area (Å²) < 4.78 is 26.2. The molecule has 1 aromatic carbocycles. The van der Waals surface area contributed by atoms with Gasteiger partial charge in [0.15, 0.2) is 0 Å². The number of rotatable bonds is 5. The summed E-state index contributed by atoms with van der Waals surface area (Å²) in [6.45, 7) is 0.831. The molecule has 0 amide bonds. The van der Waals surface area contributed by atoms with Gasteiger partial charge in [-0.25, -0.2) is 13.2 Å². The van der Waals surface area contributed by atoms with E-state index in [1.807, 2.05) is 0 Å². The van der Waals surface area contributed by atoms with Crippen LogP contribution in [0, 0.1) is 5.92 Å². The van der Waals surface area contributed by atoms with E-state index in [9.17, 15) is 13.2 Å². The van der Waals surface area contributed by atoms with Crippen molar-refractivity contribution in [1.29, 1.82) is 0 Å². The highest BCUT2D eigenvalue weighted by molar-refractivity contribution is 7.89. The van der Waals surface area contributed by atoms with Gasteiger partial charge in [0.2, 0.25) is 10.0 Å². The molecule has 0 radical (unpaired) electrons. The largest absolute Gasteiger partial charge is 0.478 e. The first-order chi connectivity index (χ1) is 9.45. The zero-order valence-corrected chi connectivity index (χ0v) is 11.7. The number of aromatic carboxylic acids is 1. The Morgan fingerprint density at radius 1 is 1.40 bits per heavy atom. The molecule has 0 saturated carbocycles. The molecule has 7 heteroatoms. The van der Waals surface area contributed by atoms with Gasteiger partial charge in [-0.1, -0.05) is 6.07 Å². The Morgan fingerprint density at radius 2 is 2.15 bits per heavy atom. The van der Waals surface area contributed by atoms with E-state index in [0.717, 1.165) is 6.42 Å². The maximum Gasteiger partial charge on any atom is 0.335 e. The topological polar surface area (TPSA) is 94.9 Å². The fourth-order valence-corrected chi connectivity index (χ4v) is 3.95. The van der Waals surface area contributed by atoms with Crippen molar-refractivity contribution in [2.45, 2.75) is 17.7 Å². The van der Waals surface area contributed by atoms with Gasteiger partial charge in [-0.15, -0.1) is 0 Å². The number of nitrogens with zero attached hydrogens (tertiary/aromatic N) is 1. The van der Waals surface area contributed by atoms with E-state index in [1.54, 1.807) is 0 Å². The summed E-state index contributed by atoms with van der Waals surface area (Å²) in [6, 6.07) is 5.37. The van der Waals surface area contributed by atoms with Crippen LogP contribution in [0.5, 0.6) is 0 Å². The first kappa shape index (κ1) is 15.0. The second kappa shape index (κ2) is 5.90. The monoisotopic (exact) mass is 299 g/mol. The Kier molecular flexibility index (Phi) is 4.42. The predicted molar refractivity (Wildman–Crippen MR) is 72.0 cm³/mol. The van der Waals surface area contributed by atoms with Crippen molar-refractivity contribution < 1.29 is 23.4 Å². The van der Waals surface area contributed by atoms with Crippen LogP contribution >= 0.6 is 0 Å². The summed E-state index contributed by atoms with van der Waals surface area (Å²) in [4.78, 5) is 10.9. The summed E-state index contributed by atoms with van der Waals surface area (Å²) >= 11 is 0. The van der Waals surface area contributed by atoms with Gasteiger partial charge in [0.1, 0.15) is 0 Å². The number of carboxylic acid groups (broad SMARTS) is 1. The molecule has 1 fully saturated rings. The molecule has 20 heavy (non-hydrogen) atoms. The first-order valence-electron chi connectivity index (χ1n) is 6.39. The molecule has 1 saturated heterocycles. The fourth-order valence-electron chi connectivity index (χ4n) is 2.37. The Balaban J connectivity index is 2.23. The third-order valence-corrected chi connectivity index (χ3v) is 5.37. The Bertz CT molecular complexity index is 599. The highest BCUT2D eigenvalue weighted by Crippen LogP contribution is 2.26. The number of sulfonamides is 1. The fraction of sp³-hybridized carbons (Fsp3) is 0.462. The number of aliphatic hydroxyl groups excluding tert-OH is 1. The average molecular weight is 299 g/mol. The number of carboxylic acids is 1. The molecule has 0 aromatic heterocycles. The van der Waals surface area contributed by atoms with Crippen LogP contribution in [-0.2, 0) is 10.0 Å². The molecule has 0 aliphatic carbocycles. The summed E-state index contributed by atoms with van der Waals surface area (Å²) in [6.07, 6.45) is 1.31. The number of hydrogen-bond acceptors (Lipinski definition) is 4. The second-order valence-electron chi connectivity index (χ2n) is 4.86. The lowest BCUT2D eigenvalue weighted by Gasteiger charge is -2.16. The van der Waals surface area contributed by atoms with E-state index >= 15 is 0 Å². The molecule has 0 bridgehead atoms. The van der Waals surface area contributed by atoms with E-state index in [0.29, 0.717) is 19.5 Å². The summed E-state index contributed by atoms with van der Waals surface area (Å²) in [5.41, 5.74) is -0.0443. The highest BCUT2D eigenvalue weighted by atomic mass is 32.2. The quantitative estimate of drug-likeness (QED) is 0.837. The van der Waals surface area contributed by atoms with Crippen molar-refractivity contribution in [2.75, 3.05) is 19.7 Å². The van der Waals surface area contributed by atoms with Crippen molar-refractivity contribution in [2.24, 2.45) is 5.92 Å². The molecule has 0 spiro atoms. The number of aliphatic hydroxyl groups is 1. The molecular formula is C13H17NO5S. The minimum absolute atomic E-state index is 0.00190. The van der Waals surface area contributed by atoms with Crippen LogP contribution in [0.4, 0.5) is 0 Å². The average Bonchev–Trinajstić information content (AvgIpc) is 2.88. The Morgan fingerprint density at radius 3 is 2.80 bits per heavy atom. The summed E-state index contributed by atoms with van der Waals surface area (Å²) in [7, 11) is -3.66. The minimum atomic E-state index is -3.66. The van der Waals surface area contributed by atoms with Gasteiger partial charge in [0.05, 0.1) is 10.5 Å². The third-order valence-electron chi connectivity index (χ3n) is 3.50. The van der Waals surface area contributed by atoms with Gasteiger partial charge in [-0.2, -0.15) is 4.31 Å². The van der Waals surface area contributed by atoms with Gasteiger partial charge < -0.3 is 10.2 Å². The van der Waals surface area contributed by atoms with Crippen LogP contribution in [0.3, 0.4) is 0 Å². The van der Waals surface area contributed by atoms with Crippen molar-refractivity contribution in [1.82, 2.24) is 4.31 Å². The van der Waals surface area contributed by atoms with Crippen molar-refractivity contribution in [3.05, 3.63) is 29.8 Å². The van der Waals surface area contributed by atoms with Gasteiger partial charge in [0, 0.05) is 19.7 Å². The van der Waals surface area contributed by atoms with Crippen LogP contribution in [0.2, 0.25) is 0 Å². The van der Waals surface area contributed by atoms with Crippen LogP contribution in [-0.4, -0.2) is 48.6 Å². The van der Waals surface area contributed by atoms with Gasteiger partial charge in [0.25, 0.3) is 0 Å². The first-order valence-corrected chi connectivity index (χ1v) is 7.83. The lowest BCUT2D eigenvalue weighted by molar-refractivity contribution is 0.0696. The smallest absolute Gasteiger partial charge is 0.335 e. The molecule has 1 aromatic rings. The molecule has 1 unspecified atom stereocenters. The molecule has 6 nitrogen and oxygen atoms in total. The maximum absolute atomic E-state index is 12.4. The van der Waals surface area contributed by atoms with E-state index in [2.05, 4.69) is 0 Å². The predicted octanol–water partition coefficient (Wildman–Crippen LogP) is 0.778.